The highest BCUT2D eigenvalue weighted by molar-refractivity contribution is 5.29. The number of hydrogen-bond acceptors (Lipinski definition) is 3. The number of halogens is 1. The number of aliphatic hydroxyl groups excluding tert-OH is 2. The Hall–Kier alpha value is -0.970. The van der Waals surface area contributed by atoms with Crippen LogP contribution in [0.2, 0.25) is 0 Å². The van der Waals surface area contributed by atoms with E-state index >= 15 is 0 Å². The van der Waals surface area contributed by atoms with Crippen LogP contribution < -0.4 is 0 Å². The maximum absolute atomic E-state index is 9.50. The van der Waals surface area contributed by atoms with Crippen molar-refractivity contribution in [1.82, 2.24) is 0 Å². The van der Waals surface area contributed by atoms with E-state index in [9.17, 15) is 4.39 Å². The predicted octanol–water partition coefficient (Wildman–Crippen LogP) is 4.99. The number of hydrogen-bond donors (Lipinski definition) is 2. The number of ether oxygens (including phenoxy) is 1. The second kappa shape index (κ2) is 24.3. The van der Waals surface area contributed by atoms with E-state index in [2.05, 4.69) is 52.0 Å². The van der Waals surface area contributed by atoms with E-state index in [1.807, 2.05) is 21.0 Å². The molecule has 0 bridgehead atoms. The van der Waals surface area contributed by atoms with Crippen molar-refractivity contribution in [1.29, 1.82) is 0 Å². The first-order valence-corrected chi connectivity index (χ1v) is 8.47. The quantitative estimate of drug-likeness (QED) is 0.788. The van der Waals surface area contributed by atoms with Gasteiger partial charge < -0.3 is 14.9 Å². The van der Waals surface area contributed by atoms with Crippen LogP contribution in [0.4, 0.5) is 4.39 Å². The largest absolute Gasteiger partial charge is 0.400 e. The fraction of sp³-hybridized carbons (Fsp3) is 0.700. The van der Waals surface area contributed by atoms with Crippen molar-refractivity contribution in [2.45, 2.75) is 60.0 Å². The lowest BCUT2D eigenvalue weighted by atomic mass is 9.85. The molecule has 24 heavy (non-hydrogen) atoms. The first-order valence-electron chi connectivity index (χ1n) is 8.47. The summed E-state index contributed by atoms with van der Waals surface area (Å²) in [4.78, 5) is 0. The van der Waals surface area contributed by atoms with Gasteiger partial charge in [-0.2, -0.15) is 0 Å². The monoisotopic (exact) mass is 348 g/mol. The molecule has 0 aliphatic carbocycles. The normalized spacial score (nSPS) is 12.2. The maximum Gasteiger partial charge on any atom is 0.0785 e. The summed E-state index contributed by atoms with van der Waals surface area (Å²) in [6.07, 6.45) is 1.47. The Morgan fingerprint density at radius 2 is 1.42 bits per heavy atom. The van der Waals surface area contributed by atoms with E-state index in [-0.39, 0.29) is 0 Å². The van der Waals surface area contributed by atoms with Gasteiger partial charge >= 0.3 is 0 Å². The third-order valence-electron chi connectivity index (χ3n) is 3.65. The number of rotatable bonds is 5. The van der Waals surface area contributed by atoms with Gasteiger partial charge in [0.25, 0.3) is 0 Å². The molecule has 0 amide bonds. The van der Waals surface area contributed by atoms with E-state index in [0.29, 0.717) is 25.1 Å². The average molecular weight is 349 g/mol. The minimum Gasteiger partial charge on any atom is -0.400 e. The Kier molecular flexibility index (Phi) is 31.2. The summed E-state index contributed by atoms with van der Waals surface area (Å²) in [5.74, 6) is 1.06. The van der Waals surface area contributed by atoms with Gasteiger partial charge in [0.05, 0.1) is 13.3 Å². The van der Waals surface area contributed by atoms with Crippen LogP contribution in [0.25, 0.3) is 0 Å². The van der Waals surface area contributed by atoms with Crippen molar-refractivity contribution in [3.8, 4) is 0 Å². The van der Waals surface area contributed by atoms with Crippen LogP contribution in [-0.2, 0) is 4.74 Å². The van der Waals surface area contributed by atoms with Gasteiger partial charge in [-0.05, 0) is 24.0 Å². The fourth-order valence-corrected chi connectivity index (χ4v) is 2.44. The molecule has 1 aromatic rings. The van der Waals surface area contributed by atoms with Gasteiger partial charge in [-0.1, -0.05) is 65.3 Å². The molecule has 0 aliphatic rings. The summed E-state index contributed by atoms with van der Waals surface area (Å²) in [7, 11) is 4.32. The number of alkyl halides is 1. The Labute approximate surface area is 149 Å². The smallest absolute Gasteiger partial charge is 0.0785 e. The van der Waals surface area contributed by atoms with Crippen LogP contribution in [0.5, 0.6) is 0 Å². The van der Waals surface area contributed by atoms with Crippen LogP contribution in [0, 0.1) is 12.8 Å². The van der Waals surface area contributed by atoms with Gasteiger partial charge in [0.15, 0.2) is 0 Å². The number of aliphatic hydroxyl groups is 2. The highest BCUT2D eigenvalue weighted by atomic mass is 19.1. The van der Waals surface area contributed by atoms with Gasteiger partial charge in [-0.15, -0.1) is 0 Å². The second-order valence-electron chi connectivity index (χ2n) is 4.73. The molecule has 0 heterocycles. The molecule has 0 aliphatic heterocycles. The molecule has 146 valence electrons. The summed E-state index contributed by atoms with van der Waals surface area (Å²) in [6, 6.07) is 8.60. The molecule has 2 N–H and O–H groups in total. The topological polar surface area (TPSA) is 49.7 Å². The minimum atomic E-state index is 0.311. The average Bonchev–Trinajstić information content (AvgIpc) is 2.68. The van der Waals surface area contributed by atoms with Crippen LogP contribution in [0.15, 0.2) is 24.3 Å². The third kappa shape index (κ3) is 12.5. The van der Waals surface area contributed by atoms with E-state index in [1.54, 1.807) is 0 Å². The van der Waals surface area contributed by atoms with Crippen LogP contribution in [0.3, 0.4) is 0 Å². The first-order chi connectivity index (χ1) is 11.6. The molecule has 0 unspecified atom stereocenters. The Bertz CT molecular complexity index is 332. The predicted molar refractivity (Wildman–Crippen MR) is 105 cm³/mol. The molecule has 4 heteroatoms. The fourth-order valence-electron chi connectivity index (χ4n) is 2.44. The van der Waals surface area contributed by atoms with Crippen molar-refractivity contribution < 1.29 is 19.3 Å². The molecule has 0 aromatic heterocycles. The molecule has 0 saturated heterocycles. The first kappa shape index (κ1) is 30.9. The third-order valence-corrected chi connectivity index (χ3v) is 3.65. The molecule has 0 saturated carbocycles. The number of aryl methyl sites for hydroxylation is 1. The maximum atomic E-state index is 9.50. The lowest BCUT2D eigenvalue weighted by Crippen LogP contribution is -2.26. The van der Waals surface area contributed by atoms with Crippen molar-refractivity contribution in [2.24, 2.45) is 5.92 Å². The van der Waals surface area contributed by atoms with Gasteiger partial charge in [-0.3, -0.25) is 4.39 Å². The van der Waals surface area contributed by atoms with E-state index in [0.717, 1.165) is 20.6 Å². The lowest BCUT2D eigenvalue weighted by Gasteiger charge is -2.29. The highest BCUT2D eigenvalue weighted by Crippen LogP contribution is 2.29. The van der Waals surface area contributed by atoms with E-state index in [4.69, 9.17) is 14.9 Å². The zero-order chi connectivity index (χ0) is 20.1. The molecular formula is C20H41FO3. The summed E-state index contributed by atoms with van der Waals surface area (Å²) in [5, 5.41) is 14.0. The van der Waals surface area contributed by atoms with Crippen molar-refractivity contribution in [3.05, 3.63) is 35.4 Å². The number of methoxy groups -OCH3 is 1. The molecule has 3 nitrogen and oxygen atoms in total. The molecule has 1 rings (SSSR count). The standard InChI is InChI=1S/C15H24O.C2H6.CH3F.2CH4O/c1-6-11(2)15(16-5)13(4)14-10-8-7-9-12(14)3;4*1-2/h7-11,13,15H,6H2,1-5H3;1-2H3;1H3;2*2H,1H3/t11-,13-,15+;;;;/m1..../s1. The molecule has 1 aromatic carbocycles. The van der Waals surface area contributed by atoms with Gasteiger partial charge in [0.2, 0.25) is 0 Å². The lowest BCUT2D eigenvalue weighted by molar-refractivity contribution is 0.0391. The van der Waals surface area contributed by atoms with Crippen LogP contribution in [0.1, 0.15) is 58.1 Å². The second-order valence-corrected chi connectivity index (χ2v) is 4.73. The van der Waals surface area contributed by atoms with E-state index < -0.39 is 0 Å². The molecule has 0 radical (unpaired) electrons. The molecule has 0 spiro atoms. The zero-order valence-corrected chi connectivity index (χ0v) is 17.4. The zero-order valence-electron chi connectivity index (χ0n) is 17.4. The summed E-state index contributed by atoms with van der Waals surface area (Å²) in [5.41, 5.74) is 2.77. The minimum absolute atomic E-state index is 0.311. The molecule has 0 fully saturated rings. The van der Waals surface area contributed by atoms with Crippen molar-refractivity contribution >= 4 is 0 Å². The molecule has 3 atom stereocenters. The Morgan fingerprint density at radius 3 is 1.75 bits per heavy atom. The Balaban J connectivity index is -0.000000218. The van der Waals surface area contributed by atoms with Gasteiger partial charge in [0, 0.05) is 27.2 Å². The summed E-state index contributed by atoms with van der Waals surface area (Å²) >= 11 is 0. The molecular weight excluding hydrogens is 307 g/mol. The van der Waals surface area contributed by atoms with Gasteiger partial charge in [-0.25, -0.2) is 0 Å². The van der Waals surface area contributed by atoms with Crippen LogP contribution in [-0.4, -0.2) is 44.8 Å². The SMILES string of the molecule is CC.CC[C@@H](C)[C@H](OC)[C@H](C)c1ccccc1C.CF.CO.CO. The Morgan fingerprint density at radius 1 is 1.00 bits per heavy atom. The van der Waals surface area contributed by atoms with Crippen molar-refractivity contribution in [3.63, 3.8) is 0 Å². The van der Waals surface area contributed by atoms with Gasteiger partial charge in [0.1, 0.15) is 0 Å². The van der Waals surface area contributed by atoms with Crippen molar-refractivity contribution in [2.75, 3.05) is 28.5 Å². The number of benzene rings is 1. The van der Waals surface area contributed by atoms with Crippen LogP contribution >= 0.6 is 0 Å². The van der Waals surface area contributed by atoms with E-state index in [1.165, 1.54) is 11.1 Å². The summed E-state index contributed by atoms with van der Waals surface area (Å²) in [6.45, 7) is 12.9. The summed E-state index contributed by atoms with van der Waals surface area (Å²) < 4.78 is 15.2. The highest BCUT2D eigenvalue weighted by Gasteiger charge is 2.24.